The normalized spacial score (nSPS) is 23.6. The third kappa shape index (κ3) is 2.66. The van der Waals surface area contributed by atoms with Crippen molar-refractivity contribution in [3.05, 3.63) is 47.7 Å². The van der Waals surface area contributed by atoms with Gasteiger partial charge in [0.15, 0.2) is 0 Å². The van der Waals surface area contributed by atoms with Crippen LogP contribution in [0.3, 0.4) is 0 Å². The smallest absolute Gasteiger partial charge is 0.118 e. The number of hydrogen-bond acceptors (Lipinski definition) is 2. The first-order valence-corrected chi connectivity index (χ1v) is 6.46. The van der Waals surface area contributed by atoms with Crippen molar-refractivity contribution in [2.45, 2.75) is 38.4 Å². The van der Waals surface area contributed by atoms with Crippen LogP contribution in [0, 0.1) is 0 Å². The summed E-state index contributed by atoms with van der Waals surface area (Å²) in [7, 11) is 1.67. The molecule has 0 saturated carbocycles. The van der Waals surface area contributed by atoms with Crippen molar-refractivity contribution in [3.63, 3.8) is 0 Å². The average Bonchev–Trinajstić information content (AvgIpc) is 2.46. The molecule has 2 atom stereocenters. The molecule has 18 heavy (non-hydrogen) atoms. The number of methoxy groups -OCH3 is 1. The van der Waals surface area contributed by atoms with E-state index in [-0.39, 0.29) is 6.10 Å². The van der Waals surface area contributed by atoms with Crippen LogP contribution in [0.2, 0.25) is 0 Å². The molecule has 0 aliphatic carbocycles. The summed E-state index contributed by atoms with van der Waals surface area (Å²) in [5, 5.41) is 0. The lowest BCUT2D eigenvalue weighted by Gasteiger charge is -2.31. The van der Waals surface area contributed by atoms with Crippen LogP contribution in [-0.4, -0.2) is 13.2 Å². The maximum absolute atomic E-state index is 6.12. The summed E-state index contributed by atoms with van der Waals surface area (Å²) in [5.41, 5.74) is 5.35. The van der Waals surface area contributed by atoms with Gasteiger partial charge in [0, 0.05) is 5.57 Å². The molecule has 0 radical (unpaired) electrons. The highest BCUT2D eigenvalue weighted by Gasteiger charge is 2.26. The van der Waals surface area contributed by atoms with Crippen molar-refractivity contribution in [1.29, 1.82) is 0 Å². The number of rotatable bonds is 3. The first-order valence-electron chi connectivity index (χ1n) is 6.46. The Bertz CT molecular complexity index is 441. The molecule has 2 rings (SSSR count). The molecule has 1 heterocycles. The van der Waals surface area contributed by atoms with Crippen LogP contribution in [-0.2, 0) is 4.74 Å². The molecule has 0 aromatic heterocycles. The van der Waals surface area contributed by atoms with Crippen molar-refractivity contribution in [1.82, 2.24) is 0 Å². The maximum Gasteiger partial charge on any atom is 0.118 e. The minimum absolute atomic E-state index is 0.00658. The Kier molecular flexibility index (Phi) is 4.24. The fraction of sp³-hybridized carbons (Fsp3) is 0.438. The van der Waals surface area contributed by atoms with Gasteiger partial charge in [0.1, 0.15) is 11.9 Å². The number of benzene rings is 1. The van der Waals surface area contributed by atoms with E-state index in [2.05, 4.69) is 31.4 Å². The van der Waals surface area contributed by atoms with Crippen LogP contribution in [0.5, 0.6) is 5.75 Å². The van der Waals surface area contributed by atoms with Gasteiger partial charge in [-0.2, -0.15) is 0 Å². The summed E-state index contributed by atoms with van der Waals surface area (Å²) in [6, 6.07) is 8.04. The molecule has 0 spiro atoms. The Hall–Kier alpha value is -1.50. The van der Waals surface area contributed by atoms with Crippen molar-refractivity contribution >= 4 is 0 Å². The van der Waals surface area contributed by atoms with E-state index < -0.39 is 0 Å². The highest BCUT2D eigenvalue weighted by Crippen LogP contribution is 2.36. The molecule has 1 saturated heterocycles. The van der Waals surface area contributed by atoms with Crippen LogP contribution >= 0.6 is 0 Å². The lowest BCUT2D eigenvalue weighted by atomic mass is 9.93. The standard InChI is InChI=1S/C16H20O2/c1-4-12-6-9-14(5-2)18-16(12)13-7-10-15(17-3)11-8-13/h7-8,10-11,14,16H,1,5-6,9H2,2-3H3/t14-,16-/m0/s1. The molecule has 0 unspecified atom stereocenters. The highest BCUT2D eigenvalue weighted by molar-refractivity contribution is 5.32. The molecule has 1 aliphatic heterocycles. The van der Waals surface area contributed by atoms with Gasteiger partial charge in [0.2, 0.25) is 0 Å². The Morgan fingerprint density at radius 1 is 1.39 bits per heavy atom. The van der Waals surface area contributed by atoms with Crippen molar-refractivity contribution in [2.75, 3.05) is 7.11 Å². The largest absolute Gasteiger partial charge is 0.497 e. The second-order valence-electron chi connectivity index (χ2n) is 4.56. The predicted molar refractivity (Wildman–Crippen MR) is 72.8 cm³/mol. The lowest BCUT2D eigenvalue weighted by Crippen LogP contribution is -2.23. The molecular formula is C16H20O2. The minimum atomic E-state index is 0.00658. The van der Waals surface area contributed by atoms with E-state index in [1.807, 2.05) is 12.1 Å². The summed E-state index contributed by atoms with van der Waals surface area (Å²) in [6.07, 6.45) is 3.50. The van der Waals surface area contributed by atoms with Crippen molar-refractivity contribution < 1.29 is 9.47 Å². The van der Waals surface area contributed by atoms with Crippen LogP contribution in [0.15, 0.2) is 42.1 Å². The molecular weight excluding hydrogens is 224 g/mol. The van der Waals surface area contributed by atoms with Gasteiger partial charge in [-0.05, 0) is 37.0 Å². The van der Waals surface area contributed by atoms with E-state index in [9.17, 15) is 0 Å². The van der Waals surface area contributed by atoms with Crippen LogP contribution in [0.1, 0.15) is 37.9 Å². The zero-order valence-corrected chi connectivity index (χ0v) is 11.1. The topological polar surface area (TPSA) is 18.5 Å². The molecule has 2 nitrogen and oxygen atoms in total. The molecule has 0 N–H and O–H groups in total. The quantitative estimate of drug-likeness (QED) is 0.747. The van der Waals surface area contributed by atoms with E-state index in [0.717, 1.165) is 36.1 Å². The summed E-state index contributed by atoms with van der Waals surface area (Å²) >= 11 is 0. The van der Waals surface area contributed by atoms with Gasteiger partial charge in [0.25, 0.3) is 0 Å². The molecule has 1 aromatic carbocycles. The second-order valence-corrected chi connectivity index (χ2v) is 4.56. The lowest BCUT2D eigenvalue weighted by molar-refractivity contribution is -0.0218. The molecule has 0 amide bonds. The molecule has 1 fully saturated rings. The summed E-state index contributed by atoms with van der Waals surface area (Å²) in [4.78, 5) is 0. The van der Waals surface area contributed by atoms with Gasteiger partial charge in [-0.3, -0.25) is 0 Å². The Balaban J connectivity index is 2.24. The van der Waals surface area contributed by atoms with Gasteiger partial charge in [0.05, 0.1) is 13.2 Å². The monoisotopic (exact) mass is 244 g/mol. The van der Waals surface area contributed by atoms with Crippen molar-refractivity contribution in [2.24, 2.45) is 0 Å². The molecule has 2 heteroatoms. The van der Waals surface area contributed by atoms with Gasteiger partial charge in [-0.1, -0.05) is 25.6 Å². The molecule has 1 aliphatic rings. The third-order valence-corrected chi connectivity index (χ3v) is 3.48. The maximum atomic E-state index is 6.12. The van der Waals surface area contributed by atoms with E-state index >= 15 is 0 Å². The van der Waals surface area contributed by atoms with E-state index in [4.69, 9.17) is 9.47 Å². The van der Waals surface area contributed by atoms with E-state index in [1.54, 1.807) is 7.11 Å². The van der Waals surface area contributed by atoms with Gasteiger partial charge < -0.3 is 9.47 Å². The SMILES string of the molecule is C=C=C1CC[C@H](CC)O[C@@H]1c1ccc(OC)cc1. The Morgan fingerprint density at radius 2 is 2.11 bits per heavy atom. The average molecular weight is 244 g/mol. The number of ether oxygens (including phenoxy) is 2. The Morgan fingerprint density at radius 3 is 2.67 bits per heavy atom. The predicted octanol–water partition coefficient (Wildman–Crippen LogP) is 4.04. The highest BCUT2D eigenvalue weighted by atomic mass is 16.5. The summed E-state index contributed by atoms with van der Waals surface area (Å²) in [5.74, 6) is 0.866. The van der Waals surface area contributed by atoms with Crippen molar-refractivity contribution in [3.8, 4) is 5.75 Å². The van der Waals surface area contributed by atoms with Crippen LogP contribution in [0.25, 0.3) is 0 Å². The van der Waals surface area contributed by atoms with Gasteiger partial charge in [-0.25, -0.2) is 0 Å². The fourth-order valence-electron chi connectivity index (χ4n) is 2.33. The summed E-state index contributed by atoms with van der Waals surface area (Å²) in [6.45, 7) is 5.94. The van der Waals surface area contributed by atoms with Gasteiger partial charge >= 0.3 is 0 Å². The van der Waals surface area contributed by atoms with E-state index in [1.165, 1.54) is 0 Å². The van der Waals surface area contributed by atoms with Crippen LogP contribution < -0.4 is 4.74 Å². The minimum Gasteiger partial charge on any atom is -0.497 e. The number of hydrogen-bond donors (Lipinski definition) is 0. The molecule has 96 valence electrons. The third-order valence-electron chi connectivity index (χ3n) is 3.48. The van der Waals surface area contributed by atoms with Gasteiger partial charge in [-0.15, -0.1) is 5.73 Å². The second kappa shape index (κ2) is 5.90. The first-order chi connectivity index (χ1) is 8.78. The van der Waals surface area contributed by atoms with Crippen LogP contribution in [0.4, 0.5) is 0 Å². The van der Waals surface area contributed by atoms with E-state index in [0.29, 0.717) is 6.10 Å². The summed E-state index contributed by atoms with van der Waals surface area (Å²) < 4.78 is 11.3. The zero-order valence-electron chi connectivity index (χ0n) is 11.1. The Labute approximate surface area is 109 Å². The molecule has 0 bridgehead atoms. The first kappa shape index (κ1) is 12.9. The fourth-order valence-corrected chi connectivity index (χ4v) is 2.33. The molecule has 1 aromatic rings. The zero-order chi connectivity index (χ0) is 13.0.